The highest BCUT2D eigenvalue weighted by Crippen LogP contribution is 2.34. The number of benzene rings is 2. The van der Waals surface area contributed by atoms with Gasteiger partial charge in [0.25, 0.3) is 0 Å². The Kier molecular flexibility index (Phi) is 3.95. The number of hydrogen-bond acceptors (Lipinski definition) is 3. The summed E-state index contributed by atoms with van der Waals surface area (Å²) in [5, 5.41) is 19.0. The molecule has 0 aliphatic carbocycles. The van der Waals surface area contributed by atoms with Gasteiger partial charge in [-0.1, -0.05) is 6.07 Å². The van der Waals surface area contributed by atoms with Gasteiger partial charge in [0.15, 0.2) is 0 Å². The quantitative estimate of drug-likeness (QED) is 0.673. The van der Waals surface area contributed by atoms with Crippen molar-refractivity contribution >= 4 is 28.1 Å². The van der Waals surface area contributed by atoms with E-state index in [1.54, 1.807) is 11.6 Å². The number of aliphatic hydroxyl groups is 1. The van der Waals surface area contributed by atoms with Crippen molar-refractivity contribution in [3.05, 3.63) is 65.2 Å². The molecule has 2 heterocycles. The van der Waals surface area contributed by atoms with Crippen LogP contribution in [0.2, 0.25) is 0 Å². The van der Waals surface area contributed by atoms with Crippen LogP contribution in [0, 0.1) is 12.3 Å². The van der Waals surface area contributed by atoms with Gasteiger partial charge in [-0.05, 0) is 48.9 Å². The van der Waals surface area contributed by atoms with Gasteiger partial charge >= 0.3 is 6.18 Å². The van der Waals surface area contributed by atoms with E-state index in [0.29, 0.717) is 11.5 Å². The molecule has 4 rings (SSSR count). The maximum absolute atomic E-state index is 12.8. The van der Waals surface area contributed by atoms with Crippen molar-refractivity contribution in [1.82, 2.24) is 9.55 Å². The summed E-state index contributed by atoms with van der Waals surface area (Å²) in [5.41, 5.74) is 2.57. The van der Waals surface area contributed by atoms with E-state index < -0.39 is 11.7 Å². The second-order valence-electron chi connectivity index (χ2n) is 6.79. The number of rotatable bonds is 2. The molecule has 0 saturated carbocycles. The molecule has 1 aliphatic heterocycles. The minimum absolute atomic E-state index is 0.00175. The lowest BCUT2D eigenvalue weighted by Crippen LogP contribution is -2.26. The second-order valence-corrected chi connectivity index (χ2v) is 6.79. The Morgan fingerprint density at radius 3 is 2.43 bits per heavy atom. The summed E-state index contributed by atoms with van der Waals surface area (Å²) in [7, 11) is 1.80. The van der Waals surface area contributed by atoms with E-state index in [0.717, 1.165) is 28.7 Å². The topological polar surface area (TPSA) is 65.1 Å². The van der Waals surface area contributed by atoms with E-state index in [9.17, 15) is 18.3 Å². The van der Waals surface area contributed by atoms with Crippen LogP contribution in [0.4, 0.5) is 18.9 Å². The molecular formula is C20H17F3N4O. The highest BCUT2D eigenvalue weighted by molar-refractivity contribution is 6.30. The van der Waals surface area contributed by atoms with Crippen molar-refractivity contribution in [2.24, 2.45) is 7.05 Å². The smallest absolute Gasteiger partial charge is 0.416 e. The first-order valence-corrected chi connectivity index (χ1v) is 8.56. The predicted molar refractivity (Wildman–Crippen MR) is 102 cm³/mol. The monoisotopic (exact) mass is 386 g/mol. The number of aryl methyl sites for hydroxylation is 2. The zero-order valence-corrected chi connectivity index (χ0v) is 15.2. The Balaban J connectivity index is 1.70. The van der Waals surface area contributed by atoms with Gasteiger partial charge < -0.3 is 14.6 Å². The fraction of sp³-hybridized carbons (Fsp3) is 0.200. The Bertz CT molecular complexity index is 1130. The molecule has 0 bridgehead atoms. The Morgan fingerprint density at radius 1 is 1.11 bits per heavy atom. The number of amidine groups is 1. The van der Waals surface area contributed by atoms with Crippen LogP contribution in [-0.4, -0.2) is 27.0 Å². The van der Waals surface area contributed by atoms with Gasteiger partial charge in [-0.15, -0.1) is 0 Å². The zero-order chi connectivity index (χ0) is 20.2. The van der Waals surface area contributed by atoms with E-state index in [1.807, 2.05) is 25.1 Å². The Labute approximate surface area is 158 Å². The average Bonchev–Trinajstić information content (AvgIpc) is 3.10. The molecule has 1 aliphatic rings. The van der Waals surface area contributed by atoms with Gasteiger partial charge in [-0.2, -0.15) is 13.2 Å². The largest absolute Gasteiger partial charge is 0.509 e. The summed E-state index contributed by atoms with van der Waals surface area (Å²) in [6.45, 7) is 1.95. The Morgan fingerprint density at radius 2 is 1.79 bits per heavy atom. The molecule has 0 spiro atoms. The minimum atomic E-state index is -4.42. The number of aliphatic hydroxyl groups excluding tert-OH is 1. The summed E-state index contributed by atoms with van der Waals surface area (Å²) >= 11 is 0. The molecule has 2 aromatic carbocycles. The van der Waals surface area contributed by atoms with Crippen LogP contribution in [0.1, 0.15) is 17.0 Å². The SMILES string of the molecule is Cc1ccc2c(c1)nc(C1=C(O)CN(c3ccc(C(F)(F)F)cc3)C1=N)n2C. The number of nitrogens with zero attached hydrogens (tertiary/aromatic N) is 3. The van der Waals surface area contributed by atoms with Crippen LogP contribution >= 0.6 is 0 Å². The van der Waals surface area contributed by atoms with Gasteiger partial charge in [0.05, 0.1) is 28.7 Å². The molecule has 5 nitrogen and oxygen atoms in total. The number of alkyl halides is 3. The molecule has 0 fully saturated rings. The molecular weight excluding hydrogens is 369 g/mol. The predicted octanol–water partition coefficient (Wildman–Crippen LogP) is 4.67. The van der Waals surface area contributed by atoms with Crippen LogP contribution in [0.3, 0.4) is 0 Å². The molecule has 0 saturated heterocycles. The minimum Gasteiger partial charge on any atom is -0.509 e. The van der Waals surface area contributed by atoms with E-state index in [4.69, 9.17) is 5.41 Å². The first-order chi connectivity index (χ1) is 13.2. The lowest BCUT2D eigenvalue weighted by Gasteiger charge is -2.19. The second kappa shape index (κ2) is 6.12. The summed E-state index contributed by atoms with van der Waals surface area (Å²) < 4.78 is 40.1. The summed E-state index contributed by atoms with van der Waals surface area (Å²) in [5.74, 6) is 0.393. The van der Waals surface area contributed by atoms with Crippen molar-refractivity contribution in [2.75, 3.05) is 11.4 Å². The van der Waals surface area contributed by atoms with Crippen LogP contribution in [0.15, 0.2) is 48.2 Å². The number of anilines is 1. The number of nitrogens with one attached hydrogen (secondary N) is 1. The number of imidazole rings is 1. The first kappa shape index (κ1) is 18.1. The van der Waals surface area contributed by atoms with E-state index in [2.05, 4.69) is 4.98 Å². The van der Waals surface area contributed by atoms with Crippen molar-refractivity contribution in [1.29, 1.82) is 5.41 Å². The summed E-state index contributed by atoms with van der Waals surface area (Å²) in [6.07, 6.45) is -4.42. The van der Waals surface area contributed by atoms with Crippen LogP contribution in [0.25, 0.3) is 16.6 Å². The number of aromatic nitrogens is 2. The van der Waals surface area contributed by atoms with Crippen molar-refractivity contribution < 1.29 is 18.3 Å². The van der Waals surface area contributed by atoms with Gasteiger partial charge in [0.2, 0.25) is 0 Å². The molecule has 0 unspecified atom stereocenters. The number of hydrogen-bond donors (Lipinski definition) is 2. The lowest BCUT2D eigenvalue weighted by atomic mass is 10.2. The molecule has 3 aromatic rings. The van der Waals surface area contributed by atoms with E-state index in [-0.39, 0.29) is 23.7 Å². The van der Waals surface area contributed by atoms with Gasteiger partial charge in [0, 0.05) is 12.7 Å². The third-order valence-electron chi connectivity index (χ3n) is 4.87. The molecule has 0 radical (unpaired) electrons. The number of halogens is 3. The highest BCUT2D eigenvalue weighted by Gasteiger charge is 2.34. The van der Waals surface area contributed by atoms with Crippen molar-refractivity contribution in [2.45, 2.75) is 13.1 Å². The molecule has 28 heavy (non-hydrogen) atoms. The van der Waals surface area contributed by atoms with Crippen LogP contribution < -0.4 is 4.90 Å². The molecule has 2 N–H and O–H groups in total. The fourth-order valence-electron chi connectivity index (χ4n) is 3.40. The lowest BCUT2D eigenvalue weighted by molar-refractivity contribution is -0.137. The number of fused-ring (bicyclic) bond motifs is 1. The average molecular weight is 386 g/mol. The highest BCUT2D eigenvalue weighted by atomic mass is 19.4. The van der Waals surface area contributed by atoms with Crippen molar-refractivity contribution in [3.8, 4) is 0 Å². The maximum Gasteiger partial charge on any atom is 0.416 e. The standard InChI is InChI=1S/C20H17F3N4O/c1-11-3-8-15-14(9-11)25-19(26(15)2)17-16(28)10-27(18(17)24)13-6-4-12(5-7-13)20(21,22)23/h3-9,24,28H,10H2,1-2H3. The molecule has 144 valence electrons. The molecule has 8 heteroatoms. The van der Waals surface area contributed by atoms with Crippen LogP contribution in [0.5, 0.6) is 0 Å². The van der Waals surface area contributed by atoms with E-state index in [1.165, 1.54) is 17.0 Å². The van der Waals surface area contributed by atoms with Gasteiger partial charge in [-0.3, -0.25) is 5.41 Å². The first-order valence-electron chi connectivity index (χ1n) is 8.56. The molecule has 0 atom stereocenters. The third kappa shape index (κ3) is 2.81. The molecule has 0 amide bonds. The molecule has 1 aromatic heterocycles. The fourth-order valence-corrected chi connectivity index (χ4v) is 3.40. The van der Waals surface area contributed by atoms with Crippen molar-refractivity contribution in [3.63, 3.8) is 0 Å². The normalized spacial score (nSPS) is 15.2. The maximum atomic E-state index is 12.8. The zero-order valence-electron chi connectivity index (χ0n) is 15.2. The van der Waals surface area contributed by atoms with Crippen LogP contribution in [-0.2, 0) is 13.2 Å². The van der Waals surface area contributed by atoms with Gasteiger partial charge in [-0.25, -0.2) is 4.98 Å². The summed E-state index contributed by atoms with van der Waals surface area (Å²) in [4.78, 5) is 6.01. The summed E-state index contributed by atoms with van der Waals surface area (Å²) in [6, 6.07) is 10.3. The third-order valence-corrected chi connectivity index (χ3v) is 4.87. The van der Waals surface area contributed by atoms with E-state index >= 15 is 0 Å². The Hall–Kier alpha value is -3.29. The van der Waals surface area contributed by atoms with Gasteiger partial charge in [0.1, 0.15) is 17.4 Å².